The predicted molar refractivity (Wildman–Crippen MR) is 80.0 cm³/mol. The Morgan fingerprint density at radius 1 is 1.23 bits per heavy atom. The molecule has 9 nitrogen and oxygen atoms in total. The molecule has 1 fully saturated rings. The van der Waals surface area contributed by atoms with Gasteiger partial charge in [0.25, 0.3) is 0 Å². The maximum absolute atomic E-state index is 12.8. The second-order valence-corrected chi connectivity index (χ2v) is 5.53. The molecule has 1 aromatic heterocycles. The largest absolute Gasteiger partial charge is 0.434 e. The molecule has 26 heavy (non-hydrogen) atoms. The van der Waals surface area contributed by atoms with Gasteiger partial charge >= 0.3 is 6.18 Å². The fourth-order valence-corrected chi connectivity index (χ4v) is 2.37. The Bertz CT molecular complexity index is 579. The number of anilines is 1. The number of aliphatic hydroxyl groups excluding tert-OH is 3. The van der Waals surface area contributed by atoms with Gasteiger partial charge < -0.3 is 34.8 Å². The summed E-state index contributed by atoms with van der Waals surface area (Å²) in [5.41, 5.74) is -1.22. The minimum atomic E-state index is -4.69. The Morgan fingerprint density at radius 3 is 2.58 bits per heavy atom. The summed E-state index contributed by atoms with van der Waals surface area (Å²) in [5, 5.41) is 32.0. The Hall–Kier alpha value is -1.57. The molecule has 0 spiro atoms. The zero-order valence-electron chi connectivity index (χ0n) is 13.8. The van der Waals surface area contributed by atoms with E-state index in [1.807, 2.05) is 0 Å². The molecule has 1 aliphatic rings. The zero-order valence-corrected chi connectivity index (χ0v) is 13.8. The lowest BCUT2D eigenvalue weighted by molar-refractivity contribution is -0.263. The van der Waals surface area contributed by atoms with Crippen LogP contribution in [0.5, 0.6) is 0 Å². The van der Waals surface area contributed by atoms with E-state index in [0.717, 1.165) is 6.20 Å². The lowest BCUT2D eigenvalue weighted by Gasteiger charge is -2.42. The highest BCUT2D eigenvalue weighted by Crippen LogP contribution is 2.29. The number of hydrogen-bond acceptors (Lipinski definition) is 9. The lowest BCUT2D eigenvalue weighted by atomic mass is 9.97. The molecule has 1 aromatic rings. The van der Waals surface area contributed by atoms with E-state index in [2.05, 4.69) is 15.3 Å². The quantitative estimate of drug-likeness (QED) is 0.456. The van der Waals surface area contributed by atoms with Crippen molar-refractivity contribution in [2.45, 2.75) is 36.8 Å². The van der Waals surface area contributed by atoms with Crippen molar-refractivity contribution in [3.63, 3.8) is 0 Å². The summed E-state index contributed by atoms with van der Waals surface area (Å²) < 4.78 is 53.9. The Morgan fingerprint density at radius 2 is 1.96 bits per heavy atom. The fraction of sp³-hybridized carbons (Fsp3) is 0.714. The minimum absolute atomic E-state index is 0.0502. The number of rotatable bonds is 7. The van der Waals surface area contributed by atoms with Crippen molar-refractivity contribution in [2.24, 2.45) is 0 Å². The smallest absolute Gasteiger partial charge is 0.394 e. The first-order chi connectivity index (χ1) is 12.3. The van der Waals surface area contributed by atoms with Crippen molar-refractivity contribution in [2.75, 3.05) is 32.2 Å². The average Bonchev–Trinajstić information content (AvgIpc) is 2.60. The summed E-state index contributed by atoms with van der Waals surface area (Å²) in [7, 11) is 1.44. The molecule has 148 valence electrons. The van der Waals surface area contributed by atoms with Crippen LogP contribution in [-0.4, -0.2) is 82.9 Å². The molecule has 0 amide bonds. The molecule has 4 N–H and O–H groups in total. The Balaban J connectivity index is 2.19. The standard InChI is InChI=1S/C14H20F3N3O6/c1-24-2-3-25-13-10(12(23)11(22)7(6-21)26-13)20-9-5-18-4-8(19-9)14(15,16)17/h4-5,7,10-13,21-23H,2-3,6H2,1H3,(H,19,20)/t7-,10-,11+,12-,13+/m1/s1. The van der Waals surface area contributed by atoms with Crippen LogP contribution in [0.15, 0.2) is 12.4 Å². The highest BCUT2D eigenvalue weighted by Gasteiger charge is 2.45. The molecular weight excluding hydrogens is 363 g/mol. The number of aromatic nitrogens is 2. The van der Waals surface area contributed by atoms with Crippen LogP contribution < -0.4 is 5.32 Å². The zero-order chi connectivity index (χ0) is 19.3. The van der Waals surface area contributed by atoms with Gasteiger partial charge in [0.2, 0.25) is 0 Å². The molecule has 5 atom stereocenters. The van der Waals surface area contributed by atoms with Crippen molar-refractivity contribution in [3.05, 3.63) is 18.1 Å². The van der Waals surface area contributed by atoms with Gasteiger partial charge in [-0.3, -0.25) is 4.98 Å². The Kier molecular flexibility index (Phi) is 7.08. The molecule has 0 bridgehead atoms. The van der Waals surface area contributed by atoms with Crippen LogP contribution in [-0.2, 0) is 20.4 Å². The highest BCUT2D eigenvalue weighted by molar-refractivity contribution is 5.35. The van der Waals surface area contributed by atoms with Crippen molar-refractivity contribution in [1.29, 1.82) is 0 Å². The van der Waals surface area contributed by atoms with Crippen molar-refractivity contribution >= 4 is 5.82 Å². The monoisotopic (exact) mass is 383 g/mol. The van der Waals surface area contributed by atoms with E-state index in [1.165, 1.54) is 7.11 Å². The molecule has 0 unspecified atom stereocenters. The number of halogens is 3. The van der Waals surface area contributed by atoms with Crippen LogP contribution in [0.1, 0.15) is 5.69 Å². The molecule has 12 heteroatoms. The second kappa shape index (κ2) is 8.88. The summed E-state index contributed by atoms with van der Waals surface area (Å²) >= 11 is 0. The van der Waals surface area contributed by atoms with Gasteiger partial charge in [-0.05, 0) is 0 Å². The predicted octanol–water partition coefficient (Wildman–Crippen LogP) is -0.622. The van der Waals surface area contributed by atoms with Crippen molar-refractivity contribution in [1.82, 2.24) is 9.97 Å². The van der Waals surface area contributed by atoms with Crippen molar-refractivity contribution < 1.29 is 42.7 Å². The molecule has 0 aromatic carbocycles. The third-order valence-corrected chi connectivity index (χ3v) is 3.69. The number of methoxy groups -OCH3 is 1. The van der Waals surface area contributed by atoms with Crippen LogP contribution in [0.4, 0.5) is 19.0 Å². The van der Waals surface area contributed by atoms with Gasteiger partial charge in [-0.2, -0.15) is 13.2 Å². The molecule has 0 aliphatic carbocycles. The lowest BCUT2D eigenvalue weighted by Crippen LogP contribution is -2.62. The number of aliphatic hydroxyl groups is 3. The fourth-order valence-electron chi connectivity index (χ4n) is 2.37. The number of hydrogen-bond donors (Lipinski definition) is 4. The first-order valence-corrected chi connectivity index (χ1v) is 7.66. The van der Waals surface area contributed by atoms with E-state index >= 15 is 0 Å². The molecule has 1 saturated heterocycles. The number of nitrogens with zero attached hydrogens (tertiary/aromatic N) is 2. The van der Waals surface area contributed by atoms with E-state index in [1.54, 1.807) is 0 Å². The first-order valence-electron chi connectivity index (χ1n) is 7.66. The van der Waals surface area contributed by atoms with Crippen LogP contribution in [0, 0.1) is 0 Å². The van der Waals surface area contributed by atoms with E-state index in [4.69, 9.17) is 14.2 Å². The highest BCUT2D eigenvalue weighted by atomic mass is 19.4. The normalized spacial score (nSPS) is 29.6. The van der Waals surface area contributed by atoms with E-state index < -0.39 is 49.1 Å². The summed E-state index contributed by atoms with van der Waals surface area (Å²) in [6.45, 7) is -0.342. The van der Waals surface area contributed by atoms with Crippen LogP contribution >= 0.6 is 0 Å². The number of alkyl halides is 3. The molecule has 2 heterocycles. The molecule has 1 aliphatic heterocycles. The van der Waals surface area contributed by atoms with Crippen LogP contribution in [0.3, 0.4) is 0 Å². The van der Waals surface area contributed by atoms with Gasteiger partial charge in [0.05, 0.1) is 32.2 Å². The number of ether oxygens (including phenoxy) is 3. The minimum Gasteiger partial charge on any atom is -0.394 e. The van der Waals surface area contributed by atoms with Crippen LogP contribution in [0.2, 0.25) is 0 Å². The first kappa shape index (κ1) is 20.7. The molecule has 0 saturated carbocycles. The van der Waals surface area contributed by atoms with Crippen LogP contribution in [0.25, 0.3) is 0 Å². The van der Waals surface area contributed by atoms with Gasteiger partial charge in [0, 0.05) is 7.11 Å². The number of nitrogens with one attached hydrogen (secondary N) is 1. The van der Waals surface area contributed by atoms with Gasteiger partial charge in [-0.1, -0.05) is 0 Å². The third-order valence-electron chi connectivity index (χ3n) is 3.69. The maximum atomic E-state index is 12.8. The summed E-state index contributed by atoms with van der Waals surface area (Å²) in [4.78, 5) is 6.85. The third kappa shape index (κ3) is 4.99. The summed E-state index contributed by atoms with van der Waals surface area (Å²) in [6.07, 6.45) is -8.41. The Labute approximate surface area is 146 Å². The molecule has 2 rings (SSSR count). The van der Waals surface area contributed by atoms with E-state index in [9.17, 15) is 28.5 Å². The van der Waals surface area contributed by atoms with Gasteiger partial charge in [-0.25, -0.2) is 4.98 Å². The van der Waals surface area contributed by atoms with Gasteiger partial charge in [0.1, 0.15) is 30.2 Å². The summed E-state index contributed by atoms with van der Waals surface area (Å²) in [5.74, 6) is -0.289. The topological polar surface area (TPSA) is 126 Å². The summed E-state index contributed by atoms with van der Waals surface area (Å²) in [6, 6.07) is -1.16. The molecular formula is C14H20F3N3O6. The van der Waals surface area contributed by atoms with E-state index in [0.29, 0.717) is 6.20 Å². The molecule has 0 radical (unpaired) electrons. The SMILES string of the molecule is COCCO[C@H]1O[C@H](CO)[C@H](O)[C@H](O)[C@H]1Nc1cncc(C(F)(F)F)n1. The maximum Gasteiger partial charge on any atom is 0.434 e. The van der Waals surface area contributed by atoms with Crippen molar-refractivity contribution in [3.8, 4) is 0 Å². The van der Waals surface area contributed by atoms with Gasteiger partial charge in [-0.15, -0.1) is 0 Å². The van der Waals surface area contributed by atoms with E-state index in [-0.39, 0.29) is 19.0 Å². The van der Waals surface area contributed by atoms with Gasteiger partial charge in [0.15, 0.2) is 12.0 Å². The average molecular weight is 383 g/mol. The second-order valence-electron chi connectivity index (χ2n) is 5.53.